The zero-order valence-electron chi connectivity index (χ0n) is 10.8. The van der Waals surface area contributed by atoms with Gasteiger partial charge < -0.3 is 15.4 Å². The van der Waals surface area contributed by atoms with E-state index >= 15 is 0 Å². The van der Waals surface area contributed by atoms with Gasteiger partial charge in [0.25, 0.3) is 0 Å². The first-order chi connectivity index (χ1) is 8.65. The maximum atomic E-state index is 11.7. The fourth-order valence-electron chi connectivity index (χ4n) is 1.52. The standard InChI is InChI=1S/C13H19N3O2/c1-9(2)18-13-11(4-3-7-14-13)16-12(17)8-15-10-5-6-10/h3-4,7,9-10,15H,5-6,8H2,1-2H3,(H,16,17). The Kier molecular flexibility index (Phi) is 4.15. The Morgan fingerprint density at radius 2 is 2.33 bits per heavy atom. The second-order valence-corrected chi connectivity index (χ2v) is 4.73. The Morgan fingerprint density at radius 3 is 3.00 bits per heavy atom. The summed E-state index contributed by atoms with van der Waals surface area (Å²) >= 11 is 0. The summed E-state index contributed by atoms with van der Waals surface area (Å²) < 4.78 is 5.54. The largest absolute Gasteiger partial charge is 0.473 e. The quantitative estimate of drug-likeness (QED) is 0.803. The maximum absolute atomic E-state index is 11.7. The van der Waals surface area contributed by atoms with Crippen LogP contribution in [0.2, 0.25) is 0 Å². The molecule has 1 aliphatic rings. The molecule has 0 atom stereocenters. The van der Waals surface area contributed by atoms with Gasteiger partial charge >= 0.3 is 0 Å². The van der Waals surface area contributed by atoms with Crippen LogP contribution in [0, 0.1) is 0 Å². The molecule has 2 N–H and O–H groups in total. The molecule has 0 unspecified atom stereocenters. The van der Waals surface area contributed by atoms with E-state index in [9.17, 15) is 4.79 Å². The van der Waals surface area contributed by atoms with Gasteiger partial charge in [-0.2, -0.15) is 0 Å². The van der Waals surface area contributed by atoms with Gasteiger partial charge in [0.2, 0.25) is 11.8 Å². The van der Waals surface area contributed by atoms with Crippen molar-refractivity contribution in [2.45, 2.75) is 38.8 Å². The van der Waals surface area contributed by atoms with Crippen molar-refractivity contribution in [3.8, 4) is 5.88 Å². The van der Waals surface area contributed by atoms with E-state index in [1.165, 1.54) is 12.8 Å². The number of carbonyl (C=O) groups is 1. The van der Waals surface area contributed by atoms with Crippen molar-refractivity contribution < 1.29 is 9.53 Å². The van der Waals surface area contributed by atoms with Crippen LogP contribution in [0.1, 0.15) is 26.7 Å². The number of hydrogen-bond acceptors (Lipinski definition) is 4. The van der Waals surface area contributed by atoms with Crippen molar-refractivity contribution in [2.75, 3.05) is 11.9 Å². The van der Waals surface area contributed by atoms with Crippen LogP contribution in [-0.4, -0.2) is 29.6 Å². The van der Waals surface area contributed by atoms with Gasteiger partial charge in [-0.1, -0.05) is 0 Å². The molecule has 2 rings (SSSR count). The molecule has 18 heavy (non-hydrogen) atoms. The third kappa shape index (κ3) is 4.00. The topological polar surface area (TPSA) is 63.2 Å². The SMILES string of the molecule is CC(C)Oc1ncccc1NC(=O)CNC1CC1. The molecule has 0 bridgehead atoms. The first-order valence-corrected chi connectivity index (χ1v) is 6.30. The van der Waals surface area contributed by atoms with Gasteiger partial charge in [0, 0.05) is 12.2 Å². The smallest absolute Gasteiger partial charge is 0.238 e. The zero-order valence-corrected chi connectivity index (χ0v) is 10.8. The highest BCUT2D eigenvalue weighted by molar-refractivity contribution is 5.93. The Morgan fingerprint density at radius 1 is 1.56 bits per heavy atom. The second kappa shape index (κ2) is 5.82. The van der Waals surface area contributed by atoms with Crippen LogP contribution in [0.15, 0.2) is 18.3 Å². The Labute approximate surface area is 107 Å². The number of pyridine rings is 1. The number of rotatable bonds is 6. The summed E-state index contributed by atoms with van der Waals surface area (Å²) in [6.45, 7) is 4.19. The molecular weight excluding hydrogens is 230 g/mol. The van der Waals surface area contributed by atoms with Crippen LogP contribution < -0.4 is 15.4 Å². The van der Waals surface area contributed by atoms with Crippen molar-refractivity contribution in [1.82, 2.24) is 10.3 Å². The van der Waals surface area contributed by atoms with Crippen LogP contribution in [0.25, 0.3) is 0 Å². The predicted molar refractivity (Wildman–Crippen MR) is 69.7 cm³/mol. The monoisotopic (exact) mass is 249 g/mol. The maximum Gasteiger partial charge on any atom is 0.238 e. The number of anilines is 1. The van der Waals surface area contributed by atoms with Crippen LogP contribution >= 0.6 is 0 Å². The molecule has 0 aromatic carbocycles. The van der Waals surface area contributed by atoms with Crippen molar-refractivity contribution >= 4 is 11.6 Å². The minimum Gasteiger partial charge on any atom is -0.473 e. The molecule has 5 nitrogen and oxygen atoms in total. The average molecular weight is 249 g/mol. The highest BCUT2D eigenvalue weighted by Crippen LogP contribution is 2.22. The summed E-state index contributed by atoms with van der Waals surface area (Å²) in [7, 11) is 0. The molecule has 1 aliphatic carbocycles. The summed E-state index contributed by atoms with van der Waals surface area (Å²) in [5.74, 6) is 0.399. The first kappa shape index (κ1) is 12.8. The van der Waals surface area contributed by atoms with Crippen LogP contribution in [0.3, 0.4) is 0 Å². The van der Waals surface area contributed by atoms with Crippen molar-refractivity contribution in [3.05, 3.63) is 18.3 Å². The van der Waals surface area contributed by atoms with E-state index in [-0.39, 0.29) is 12.0 Å². The lowest BCUT2D eigenvalue weighted by Crippen LogP contribution is -2.29. The van der Waals surface area contributed by atoms with Crippen molar-refractivity contribution in [2.24, 2.45) is 0 Å². The minimum absolute atomic E-state index is 0.0279. The summed E-state index contributed by atoms with van der Waals surface area (Å²) in [6.07, 6.45) is 4.01. The van der Waals surface area contributed by atoms with E-state index in [2.05, 4.69) is 15.6 Å². The molecule has 0 saturated heterocycles. The number of hydrogen-bond donors (Lipinski definition) is 2. The van der Waals surface area contributed by atoms with Crippen LogP contribution in [0.5, 0.6) is 5.88 Å². The molecule has 1 aromatic rings. The van der Waals surface area contributed by atoms with Crippen molar-refractivity contribution in [3.63, 3.8) is 0 Å². The lowest BCUT2D eigenvalue weighted by molar-refractivity contribution is -0.115. The number of nitrogens with zero attached hydrogens (tertiary/aromatic N) is 1. The van der Waals surface area contributed by atoms with Crippen molar-refractivity contribution in [1.29, 1.82) is 0 Å². The van der Waals surface area contributed by atoms with Gasteiger partial charge in [-0.25, -0.2) is 4.98 Å². The molecule has 5 heteroatoms. The average Bonchev–Trinajstić information content (AvgIpc) is 3.12. The number of ether oxygens (including phenoxy) is 1. The van der Waals surface area contributed by atoms with Gasteiger partial charge in [0.1, 0.15) is 5.69 Å². The van der Waals surface area contributed by atoms with Gasteiger partial charge in [0.05, 0.1) is 12.6 Å². The molecule has 1 fully saturated rings. The Bertz CT molecular complexity index is 416. The molecule has 98 valence electrons. The zero-order chi connectivity index (χ0) is 13.0. The van der Waals surface area contributed by atoms with Crippen LogP contribution in [-0.2, 0) is 4.79 Å². The Hall–Kier alpha value is -1.62. The molecule has 0 spiro atoms. The molecule has 0 aliphatic heterocycles. The number of aromatic nitrogens is 1. The number of nitrogens with one attached hydrogen (secondary N) is 2. The van der Waals surface area contributed by atoms with E-state index in [1.54, 1.807) is 18.3 Å². The highest BCUT2D eigenvalue weighted by atomic mass is 16.5. The third-order valence-corrected chi connectivity index (χ3v) is 2.52. The summed E-state index contributed by atoms with van der Waals surface area (Å²) in [6, 6.07) is 4.09. The van der Waals surface area contributed by atoms with E-state index in [0.717, 1.165) is 0 Å². The Balaban J connectivity index is 1.91. The summed E-state index contributed by atoms with van der Waals surface area (Å²) in [5, 5.41) is 5.97. The predicted octanol–water partition coefficient (Wildman–Crippen LogP) is 1.56. The number of amides is 1. The van der Waals surface area contributed by atoms with Gasteiger partial charge in [-0.05, 0) is 38.8 Å². The molecule has 1 aromatic heterocycles. The van der Waals surface area contributed by atoms with E-state index in [4.69, 9.17) is 4.74 Å². The third-order valence-electron chi connectivity index (χ3n) is 2.52. The lowest BCUT2D eigenvalue weighted by atomic mass is 10.3. The summed E-state index contributed by atoms with van der Waals surface area (Å²) in [5.41, 5.74) is 0.619. The van der Waals surface area contributed by atoms with Crippen LogP contribution in [0.4, 0.5) is 5.69 Å². The number of carbonyl (C=O) groups excluding carboxylic acids is 1. The molecular formula is C13H19N3O2. The van der Waals surface area contributed by atoms with Gasteiger partial charge in [-0.3, -0.25) is 4.79 Å². The highest BCUT2D eigenvalue weighted by Gasteiger charge is 2.21. The van der Waals surface area contributed by atoms with Gasteiger partial charge in [0.15, 0.2) is 0 Å². The van der Waals surface area contributed by atoms with E-state index in [0.29, 0.717) is 24.2 Å². The fraction of sp³-hybridized carbons (Fsp3) is 0.538. The second-order valence-electron chi connectivity index (χ2n) is 4.73. The molecule has 1 heterocycles. The van der Waals surface area contributed by atoms with E-state index < -0.39 is 0 Å². The molecule has 1 amide bonds. The van der Waals surface area contributed by atoms with E-state index in [1.807, 2.05) is 13.8 Å². The lowest BCUT2D eigenvalue weighted by Gasteiger charge is -2.13. The fourth-order valence-corrected chi connectivity index (χ4v) is 1.52. The minimum atomic E-state index is -0.0662. The molecule has 0 radical (unpaired) electrons. The summed E-state index contributed by atoms with van der Waals surface area (Å²) in [4.78, 5) is 15.8. The first-order valence-electron chi connectivity index (χ1n) is 6.30. The normalized spacial score (nSPS) is 14.6. The van der Waals surface area contributed by atoms with Gasteiger partial charge in [-0.15, -0.1) is 0 Å². The molecule has 1 saturated carbocycles.